The zero-order valence-corrected chi connectivity index (χ0v) is 12.7. The Kier molecular flexibility index (Phi) is 4.25. The largest absolute Gasteiger partial charge is 0.416 e. The minimum atomic E-state index is -4.44. The summed E-state index contributed by atoms with van der Waals surface area (Å²) in [5.41, 5.74) is -0.721. The molecule has 0 fully saturated rings. The quantitative estimate of drug-likeness (QED) is 0.778. The molecule has 0 bridgehead atoms. The molecule has 3 aromatic rings. The van der Waals surface area contributed by atoms with Crippen LogP contribution in [0.15, 0.2) is 36.9 Å². The van der Waals surface area contributed by atoms with Gasteiger partial charge in [0.05, 0.1) is 12.1 Å². The summed E-state index contributed by atoms with van der Waals surface area (Å²) < 4.78 is 39.0. The van der Waals surface area contributed by atoms with E-state index in [0.29, 0.717) is 11.6 Å². The summed E-state index contributed by atoms with van der Waals surface area (Å²) in [6.07, 6.45) is -1.54. The average Bonchev–Trinajstić information content (AvgIpc) is 3.19. The number of aromatic nitrogens is 5. The maximum atomic E-state index is 12.5. The molecule has 24 heavy (non-hydrogen) atoms. The van der Waals surface area contributed by atoms with Crippen LogP contribution in [0.2, 0.25) is 0 Å². The molecular weight excluding hydrogens is 345 g/mol. The third kappa shape index (κ3) is 3.74. The Bertz CT molecular complexity index is 828. The number of hydrogen-bond acceptors (Lipinski definition) is 6. The number of carbonyl (C=O) groups is 1. The van der Waals surface area contributed by atoms with Crippen molar-refractivity contribution in [1.29, 1.82) is 0 Å². The number of carbonyl (C=O) groups excluding carboxylic acids is 1. The summed E-state index contributed by atoms with van der Waals surface area (Å²) >= 11 is 1.14. The molecule has 0 aliphatic heterocycles. The fraction of sp³-hybridized carbons (Fsp3) is 0.154. The number of nitrogens with one attached hydrogen (secondary N) is 1. The number of hydrogen-bond donors (Lipinski definition) is 1. The Morgan fingerprint density at radius 1 is 1.21 bits per heavy atom. The monoisotopic (exact) mass is 354 g/mol. The molecule has 2 heterocycles. The van der Waals surface area contributed by atoms with Crippen molar-refractivity contribution in [3.63, 3.8) is 0 Å². The Balaban J connectivity index is 1.65. The smallest absolute Gasteiger partial charge is 0.296 e. The van der Waals surface area contributed by atoms with Gasteiger partial charge in [0.15, 0.2) is 0 Å². The van der Waals surface area contributed by atoms with E-state index in [1.54, 1.807) is 4.68 Å². The van der Waals surface area contributed by atoms with E-state index >= 15 is 0 Å². The standard InChI is InChI=1S/C13H9F3N6OS/c14-13(15,16)9-3-1-8(2-4-9)11(23)19-12-21-20-10(24-12)5-22-7-17-6-18-22/h1-4,6-7H,5H2,(H,19,21,23). The minimum Gasteiger partial charge on any atom is -0.296 e. The topological polar surface area (TPSA) is 85.6 Å². The summed E-state index contributed by atoms with van der Waals surface area (Å²) in [6, 6.07) is 3.92. The number of halogens is 3. The predicted molar refractivity (Wildman–Crippen MR) is 78.4 cm³/mol. The van der Waals surface area contributed by atoms with Crippen LogP contribution >= 0.6 is 11.3 Å². The molecule has 0 atom stereocenters. The van der Waals surface area contributed by atoms with Crippen molar-refractivity contribution in [1.82, 2.24) is 25.0 Å². The normalized spacial score (nSPS) is 11.5. The van der Waals surface area contributed by atoms with E-state index in [4.69, 9.17) is 0 Å². The highest BCUT2D eigenvalue weighted by Crippen LogP contribution is 2.29. The Labute approximate surface area is 137 Å². The number of alkyl halides is 3. The molecule has 1 amide bonds. The van der Waals surface area contributed by atoms with Gasteiger partial charge in [0.1, 0.15) is 17.7 Å². The van der Waals surface area contributed by atoms with Crippen LogP contribution in [-0.2, 0) is 12.7 Å². The molecule has 1 aromatic carbocycles. The van der Waals surface area contributed by atoms with Gasteiger partial charge in [-0.3, -0.25) is 10.1 Å². The van der Waals surface area contributed by atoms with Gasteiger partial charge in [-0.25, -0.2) is 9.67 Å². The Hall–Kier alpha value is -2.82. The Morgan fingerprint density at radius 3 is 2.58 bits per heavy atom. The van der Waals surface area contributed by atoms with E-state index in [2.05, 4.69) is 25.6 Å². The molecule has 0 saturated heterocycles. The highest BCUT2D eigenvalue weighted by Gasteiger charge is 2.30. The van der Waals surface area contributed by atoms with E-state index in [9.17, 15) is 18.0 Å². The third-order valence-corrected chi connectivity index (χ3v) is 3.75. The van der Waals surface area contributed by atoms with E-state index in [1.165, 1.54) is 12.7 Å². The van der Waals surface area contributed by atoms with Crippen molar-refractivity contribution >= 4 is 22.4 Å². The molecule has 0 saturated carbocycles. The molecule has 2 aromatic heterocycles. The summed E-state index contributed by atoms with van der Waals surface area (Å²) in [4.78, 5) is 15.8. The fourth-order valence-electron chi connectivity index (χ4n) is 1.80. The van der Waals surface area contributed by atoms with Gasteiger partial charge in [-0.2, -0.15) is 18.3 Å². The Morgan fingerprint density at radius 2 is 1.96 bits per heavy atom. The van der Waals surface area contributed by atoms with Crippen molar-refractivity contribution in [2.45, 2.75) is 12.7 Å². The van der Waals surface area contributed by atoms with Gasteiger partial charge in [-0.15, -0.1) is 10.2 Å². The molecule has 7 nitrogen and oxygen atoms in total. The first-order valence-electron chi connectivity index (χ1n) is 6.55. The number of benzene rings is 1. The maximum absolute atomic E-state index is 12.5. The molecule has 0 spiro atoms. The van der Waals surface area contributed by atoms with Crippen LogP contribution in [0.3, 0.4) is 0 Å². The van der Waals surface area contributed by atoms with Crippen molar-refractivity contribution in [2.75, 3.05) is 5.32 Å². The lowest BCUT2D eigenvalue weighted by Gasteiger charge is -2.07. The van der Waals surface area contributed by atoms with E-state index in [0.717, 1.165) is 35.6 Å². The highest BCUT2D eigenvalue weighted by atomic mass is 32.1. The van der Waals surface area contributed by atoms with Gasteiger partial charge >= 0.3 is 6.18 Å². The van der Waals surface area contributed by atoms with Gasteiger partial charge in [-0.1, -0.05) is 11.3 Å². The van der Waals surface area contributed by atoms with Crippen molar-refractivity contribution < 1.29 is 18.0 Å². The maximum Gasteiger partial charge on any atom is 0.416 e. The van der Waals surface area contributed by atoms with Gasteiger partial charge in [0.25, 0.3) is 5.91 Å². The van der Waals surface area contributed by atoms with Crippen LogP contribution in [0.4, 0.5) is 18.3 Å². The van der Waals surface area contributed by atoms with Crippen molar-refractivity contribution in [3.05, 3.63) is 53.1 Å². The molecular formula is C13H9F3N6OS. The average molecular weight is 354 g/mol. The lowest BCUT2D eigenvalue weighted by Crippen LogP contribution is -2.12. The molecule has 0 aliphatic carbocycles. The van der Waals surface area contributed by atoms with Crippen LogP contribution in [0.1, 0.15) is 20.9 Å². The second-order valence-electron chi connectivity index (χ2n) is 4.62. The lowest BCUT2D eigenvalue weighted by molar-refractivity contribution is -0.137. The molecule has 0 unspecified atom stereocenters. The fourth-order valence-corrected chi connectivity index (χ4v) is 2.53. The van der Waals surface area contributed by atoms with Crippen molar-refractivity contribution in [2.24, 2.45) is 0 Å². The number of anilines is 1. The first-order valence-corrected chi connectivity index (χ1v) is 7.37. The molecule has 0 radical (unpaired) electrons. The number of amides is 1. The molecule has 1 N–H and O–H groups in total. The van der Waals surface area contributed by atoms with Gasteiger partial charge in [-0.05, 0) is 24.3 Å². The molecule has 124 valence electrons. The first kappa shape index (κ1) is 16.1. The second-order valence-corrected chi connectivity index (χ2v) is 5.69. The molecule has 11 heteroatoms. The van der Waals surface area contributed by atoms with Gasteiger partial charge in [0, 0.05) is 5.56 Å². The van der Waals surface area contributed by atoms with Crippen LogP contribution in [0.5, 0.6) is 0 Å². The van der Waals surface area contributed by atoms with Crippen LogP contribution in [0, 0.1) is 0 Å². The summed E-state index contributed by atoms with van der Waals surface area (Å²) in [5.74, 6) is -0.563. The predicted octanol–water partition coefficient (Wildman–Crippen LogP) is 2.45. The minimum absolute atomic E-state index is 0.0935. The van der Waals surface area contributed by atoms with Gasteiger partial charge in [0.2, 0.25) is 5.13 Å². The third-order valence-electron chi connectivity index (χ3n) is 2.93. The SMILES string of the molecule is O=C(Nc1nnc(Cn2cncn2)s1)c1ccc(C(F)(F)F)cc1. The van der Waals surface area contributed by atoms with Crippen LogP contribution in [-0.4, -0.2) is 30.9 Å². The highest BCUT2D eigenvalue weighted by molar-refractivity contribution is 7.15. The number of nitrogens with zero attached hydrogens (tertiary/aromatic N) is 5. The zero-order chi connectivity index (χ0) is 17.2. The van der Waals surface area contributed by atoms with Crippen LogP contribution in [0.25, 0.3) is 0 Å². The van der Waals surface area contributed by atoms with Gasteiger partial charge < -0.3 is 0 Å². The molecule has 3 rings (SSSR count). The summed E-state index contributed by atoms with van der Waals surface area (Å²) in [5, 5.41) is 15.0. The molecule has 0 aliphatic rings. The van der Waals surface area contributed by atoms with Crippen molar-refractivity contribution in [3.8, 4) is 0 Å². The van der Waals surface area contributed by atoms with E-state index < -0.39 is 17.6 Å². The summed E-state index contributed by atoms with van der Waals surface area (Å²) in [7, 11) is 0. The zero-order valence-electron chi connectivity index (χ0n) is 11.9. The second kappa shape index (κ2) is 6.35. The van der Waals surface area contributed by atoms with E-state index in [1.807, 2.05) is 0 Å². The number of rotatable bonds is 4. The lowest BCUT2D eigenvalue weighted by atomic mass is 10.1. The van der Waals surface area contributed by atoms with Crippen LogP contribution < -0.4 is 5.32 Å². The first-order chi connectivity index (χ1) is 11.4. The summed E-state index contributed by atoms with van der Waals surface area (Å²) in [6.45, 7) is 0.355. The van der Waals surface area contributed by atoms with E-state index in [-0.39, 0.29) is 10.7 Å².